The number of ether oxygens (including phenoxy) is 2. The van der Waals surface area contributed by atoms with Gasteiger partial charge in [-0.05, 0) is 55.5 Å². The number of methoxy groups -OCH3 is 2. The molecule has 1 saturated carbocycles. The van der Waals surface area contributed by atoms with E-state index in [2.05, 4.69) is 5.32 Å². The van der Waals surface area contributed by atoms with Gasteiger partial charge < -0.3 is 19.7 Å². The molecule has 1 aromatic heterocycles. The van der Waals surface area contributed by atoms with Gasteiger partial charge in [0.05, 0.1) is 36.5 Å². The van der Waals surface area contributed by atoms with Crippen molar-refractivity contribution in [3.63, 3.8) is 0 Å². The molecule has 0 radical (unpaired) electrons. The molecule has 1 N–H and O–H groups in total. The Labute approximate surface area is 208 Å². The molecule has 9 heteroatoms. The van der Waals surface area contributed by atoms with Crippen molar-refractivity contribution in [1.29, 1.82) is 0 Å². The summed E-state index contributed by atoms with van der Waals surface area (Å²) in [7, 11) is 3.10. The molecule has 1 unspecified atom stereocenters. The lowest BCUT2D eigenvalue weighted by Crippen LogP contribution is -2.41. The minimum absolute atomic E-state index is 0.158. The Morgan fingerprint density at radius 3 is 2.57 bits per heavy atom. The average molecular weight is 495 g/mol. The normalized spacial score (nSPS) is 17.0. The zero-order valence-electron chi connectivity index (χ0n) is 19.7. The zero-order valence-corrected chi connectivity index (χ0v) is 20.4. The smallest absolute Gasteiger partial charge is 0.258 e. The molecule has 1 aliphatic carbocycles. The summed E-state index contributed by atoms with van der Waals surface area (Å²) in [6.45, 7) is 1.24. The average Bonchev–Trinajstić information content (AvgIpc) is 3.58. The molecule has 1 aliphatic heterocycles. The van der Waals surface area contributed by atoms with Crippen molar-refractivity contribution in [2.24, 2.45) is 5.92 Å². The van der Waals surface area contributed by atoms with Gasteiger partial charge in [-0.2, -0.15) is 5.10 Å². The molecule has 0 saturated heterocycles. The summed E-state index contributed by atoms with van der Waals surface area (Å²) >= 11 is 6.23. The van der Waals surface area contributed by atoms with Gasteiger partial charge in [-0.3, -0.25) is 14.3 Å². The van der Waals surface area contributed by atoms with E-state index in [1.54, 1.807) is 61.6 Å². The monoisotopic (exact) mass is 494 g/mol. The lowest BCUT2D eigenvalue weighted by Gasteiger charge is -2.31. The summed E-state index contributed by atoms with van der Waals surface area (Å²) in [6, 6.07) is 11.8. The fraction of sp³-hybridized carbons (Fsp3) is 0.346. The summed E-state index contributed by atoms with van der Waals surface area (Å²) in [5.74, 6) is 1.24. The van der Waals surface area contributed by atoms with E-state index in [1.165, 1.54) is 12.8 Å². The van der Waals surface area contributed by atoms with Gasteiger partial charge in [-0.25, -0.2) is 0 Å². The third-order valence-corrected chi connectivity index (χ3v) is 6.80. The highest BCUT2D eigenvalue weighted by atomic mass is 35.5. The molecular formula is C26H27ClN4O4. The van der Waals surface area contributed by atoms with Crippen LogP contribution in [0, 0.1) is 5.92 Å². The number of amides is 2. The topological polar surface area (TPSA) is 85.7 Å². The number of carbonyl (C=O) groups excluding carboxylic acids is 2. The standard InChI is InChI=1S/C26H27ClN4O4/c1-34-22-10-9-17(13-23(22)35-2)26(33)31-12-11-20(28-25(32)18-5-3-4-6-19(18)27)24-21(31)15-30(29-24)14-16-7-8-16/h3-6,9-10,13,15-16,20H,7-8,11-12,14H2,1-2H3,(H,28,32). The van der Waals surface area contributed by atoms with Crippen LogP contribution in [-0.4, -0.2) is 42.4 Å². The second kappa shape index (κ2) is 9.62. The van der Waals surface area contributed by atoms with E-state index < -0.39 is 0 Å². The van der Waals surface area contributed by atoms with Gasteiger partial charge in [0.15, 0.2) is 11.5 Å². The van der Waals surface area contributed by atoms with Crippen LogP contribution in [0.15, 0.2) is 48.7 Å². The highest BCUT2D eigenvalue weighted by Crippen LogP contribution is 2.37. The first-order valence-corrected chi connectivity index (χ1v) is 12.0. The second-order valence-corrected chi connectivity index (χ2v) is 9.29. The van der Waals surface area contributed by atoms with E-state index in [9.17, 15) is 9.59 Å². The van der Waals surface area contributed by atoms with Crippen LogP contribution in [0.5, 0.6) is 11.5 Å². The first kappa shape index (κ1) is 23.2. The molecule has 8 nitrogen and oxygen atoms in total. The van der Waals surface area contributed by atoms with Crippen LogP contribution in [-0.2, 0) is 6.54 Å². The van der Waals surface area contributed by atoms with Crippen molar-refractivity contribution in [2.45, 2.75) is 31.8 Å². The highest BCUT2D eigenvalue weighted by Gasteiger charge is 2.34. The fourth-order valence-corrected chi connectivity index (χ4v) is 4.64. The molecule has 35 heavy (non-hydrogen) atoms. The Morgan fingerprint density at radius 1 is 1.09 bits per heavy atom. The molecule has 3 aromatic rings. The number of rotatable bonds is 7. The lowest BCUT2D eigenvalue weighted by molar-refractivity contribution is 0.0932. The Balaban J connectivity index is 1.44. The van der Waals surface area contributed by atoms with Crippen molar-refractivity contribution in [3.8, 4) is 11.5 Å². The Bertz CT molecular complexity index is 1270. The minimum Gasteiger partial charge on any atom is -0.493 e. The lowest BCUT2D eigenvalue weighted by atomic mass is 10.0. The van der Waals surface area contributed by atoms with Gasteiger partial charge in [-0.15, -0.1) is 0 Å². The molecule has 0 bridgehead atoms. The Kier molecular flexibility index (Phi) is 6.38. The predicted molar refractivity (Wildman–Crippen MR) is 132 cm³/mol. The van der Waals surface area contributed by atoms with Crippen molar-refractivity contribution in [3.05, 3.63) is 70.5 Å². The van der Waals surface area contributed by atoms with Gasteiger partial charge >= 0.3 is 0 Å². The number of aromatic nitrogens is 2. The van der Waals surface area contributed by atoms with Gasteiger partial charge in [0.2, 0.25) is 0 Å². The van der Waals surface area contributed by atoms with Gasteiger partial charge in [-0.1, -0.05) is 23.7 Å². The van der Waals surface area contributed by atoms with Crippen molar-refractivity contribution in [1.82, 2.24) is 15.1 Å². The third-order valence-electron chi connectivity index (χ3n) is 6.47. The Morgan fingerprint density at radius 2 is 1.86 bits per heavy atom. The molecule has 0 spiro atoms. The van der Waals surface area contributed by atoms with E-state index in [1.807, 2.05) is 10.9 Å². The summed E-state index contributed by atoms with van der Waals surface area (Å²) in [5.41, 5.74) is 2.30. The van der Waals surface area contributed by atoms with Gasteiger partial charge in [0.25, 0.3) is 11.8 Å². The third kappa shape index (κ3) is 4.71. The van der Waals surface area contributed by atoms with E-state index in [0.717, 1.165) is 6.54 Å². The fourth-order valence-electron chi connectivity index (χ4n) is 4.41. The zero-order chi connectivity index (χ0) is 24.5. The largest absolute Gasteiger partial charge is 0.493 e. The Hall–Kier alpha value is -3.52. The number of hydrogen-bond donors (Lipinski definition) is 1. The van der Waals surface area contributed by atoms with Crippen LogP contribution in [0.4, 0.5) is 5.69 Å². The quantitative estimate of drug-likeness (QED) is 0.523. The molecule has 2 aromatic carbocycles. The van der Waals surface area contributed by atoms with Gasteiger partial charge in [0, 0.05) is 24.8 Å². The molecule has 2 heterocycles. The van der Waals surface area contributed by atoms with Crippen LogP contribution in [0.2, 0.25) is 5.02 Å². The van der Waals surface area contributed by atoms with Gasteiger partial charge in [0.1, 0.15) is 5.69 Å². The second-order valence-electron chi connectivity index (χ2n) is 8.89. The van der Waals surface area contributed by atoms with E-state index >= 15 is 0 Å². The maximum atomic E-state index is 13.6. The molecule has 1 fully saturated rings. The SMILES string of the molecule is COc1ccc(C(=O)N2CCC(NC(=O)c3ccccc3Cl)c3nn(CC4CC4)cc32)cc1OC. The van der Waals surface area contributed by atoms with Crippen LogP contribution < -0.4 is 19.7 Å². The maximum absolute atomic E-state index is 13.6. The van der Waals surface area contributed by atoms with E-state index in [4.69, 9.17) is 26.2 Å². The van der Waals surface area contributed by atoms with Crippen LogP contribution in [0.25, 0.3) is 0 Å². The first-order valence-electron chi connectivity index (χ1n) is 11.6. The predicted octanol–water partition coefficient (Wildman–Crippen LogP) is 4.49. The summed E-state index contributed by atoms with van der Waals surface area (Å²) in [4.78, 5) is 28.3. The summed E-state index contributed by atoms with van der Waals surface area (Å²) in [6.07, 6.45) is 4.82. The molecule has 2 aliphatic rings. The number of benzene rings is 2. The van der Waals surface area contributed by atoms with Crippen molar-refractivity contribution >= 4 is 29.1 Å². The molecule has 2 amide bonds. The van der Waals surface area contributed by atoms with Crippen LogP contribution >= 0.6 is 11.6 Å². The van der Waals surface area contributed by atoms with Crippen molar-refractivity contribution < 1.29 is 19.1 Å². The van der Waals surface area contributed by atoms with Crippen LogP contribution in [0.1, 0.15) is 51.7 Å². The molecule has 182 valence electrons. The molecule has 1 atom stereocenters. The minimum atomic E-state index is -0.330. The number of fused-ring (bicyclic) bond motifs is 1. The van der Waals surface area contributed by atoms with E-state index in [-0.39, 0.29) is 17.9 Å². The summed E-state index contributed by atoms with van der Waals surface area (Å²) < 4.78 is 12.6. The number of anilines is 1. The maximum Gasteiger partial charge on any atom is 0.258 e. The van der Waals surface area contributed by atoms with Crippen molar-refractivity contribution in [2.75, 3.05) is 25.7 Å². The number of halogens is 1. The number of carbonyl (C=O) groups is 2. The highest BCUT2D eigenvalue weighted by molar-refractivity contribution is 6.33. The number of hydrogen-bond acceptors (Lipinski definition) is 5. The number of nitrogens with one attached hydrogen (secondary N) is 1. The van der Waals surface area contributed by atoms with Crippen LogP contribution in [0.3, 0.4) is 0 Å². The van der Waals surface area contributed by atoms with E-state index in [0.29, 0.717) is 57.9 Å². The summed E-state index contributed by atoms with van der Waals surface area (Å²) in [5, 5.41) is 8.27. The number of nitrogens with zero attached hydrogens (tertiary/aromatic N) is 3. The molecular weight excluding hydrogens is 468 g/mol. The molecule has 5 rings (SSSR count). The first-order chi connectivity index (χ1) is 17.0.